The highest BCUT2D eigenvalue weighted by Crippen LogP contribution is 2.24. The molecule has 0 amide bonds. The Kier molecular flexibility index (Phi) is 6.63. The summed E-state index contributed by atoms with van der Waals surface area (Å²) >= 11 is 9.02. The molecule has 5 heteroatoms. The third-order valence-electron chi connectivity index (χ3n) is 3.83. The monoisotopic (exact) mass is 406 g/mol. The van der Waals surface area contributed by atoms with Crippen LogP contribution in [0.3, 0.4) is 0 Å². The van der Waals surface area contributed by atoms with E-state index in [9.17, 15) is 0 Å². The molecule has 2 rings (SSSR count). The predicted molar refractivity (Wildman–Crippen MR) is 109 cm³/mol. The topological polar surface area (TPSA) is 24.5 Å². The number of halogens is 1. The van der Waals surface area contributed by atoms with Gasteiger partial charge >= 0.3 is 0 Å². The second kappa shape index (κ2) is 8.49. The van der Waals surface area contributed by atoms with Crippen LogP contribution in [0.2, 0.25) is 0 Å². The summed E-state index contributed by atoms with van der Waals surface area (Å²) in [6, 6.07) is 14.4. The highest BCUT2D eigenvalue weighted by molar-refractivity contribution is 9.10. The van der Waals surface area contributed by atoms with Crippen molar-refractivity contribution in [1.82, 2.24) is 4.90 Å². The molecule has 2 aromatic carbocycles. The number of benzene rings is 2. The van der Waals surface area contributed by atoms with Gasteiger partial charge in [0.15, 0.2) is 5.11 Å². The first-order valence-electron chi connectivity index (χ1n) is 7.85. The van der Waals surface area contributed by atoms with E-state index in [2.05, 4.69) is 65.4 Å². The largest absolute Gasteiger partial charge is 0.496 e. The molecule has 0 atom stereocenters. The van der Waals surface area contributed by atoms with Gasteiger partial charge in [-0.15, -0.1) is 0 Å². The van der Waals surface area contributed by atoms with Crippen LogP contribution in [-0.4, -0.2) is 24.2 Å². The van der Waals surface area contributed by atoms with Crippen molar-refractivity contribution in [3.63, 3.8) is 0 Å². The Morgan fingerprint density at radius 2 is 1.88 bits per heavy atom. The maximum absolute atomic E-state index is 5.52. The van der Waals surface area contributed by atoms with Gasteiger partial charge in [-0.2, -0.15) is 0 Å². The van der Waals surface area contributed by atoms with E-state index < -0.39 is 0 Å². The van der Waals surface area contributed by atoms with E-state index in [1.54, 1.807) is 7.11 Å². The zero-order valence-corrected chi connectivity index (χ0v) is 16.9. The Morgan fingerprint density at radius 1 is 1.21 bits per heavy atom. The molecule has 128 valence electrons. The number of hydrogen-bond donors (Lipinski definition) is 1. The molecule has 3 nitrogen and oxygen atoms in total. The van der Waals surface area contributed by atoms with Gasteiger partial charge in [-0.05, 0) is 54.0 Å². The van der Waals surface area contributed by atoms with E-state index in [-0.39, 0.29) is 0 Å². The van der Waals surface area contributed by atoms with Crippen molar-refractivity contribution in [2.75, 3.05) is 19.5 Å². The number of nitrogens with one attached hydrogen (secondary N) is 1. The SMILES string of the molecule is COc1ccc(Br)cc1CN(C)C(=S)Nc1ccc(C(C)C)cc1. The van der Waals surface area contributed by atoms with Gasteiger partial charge in [0.1, 0.15) is 5.75 Å². The zero-order chi connectivity index (χ0) is 17.7. The molecule has 0 heterocycles. The molecule has 0 saturated carbocycles. The van der Waals surface area contributed by atoms with E-state index in [1.807, 2.05) is 24.1 Å². The number of ether oxygens (including phenoxy) is 1. The van der Waals surface area contributed by atoms with Crippen molar-refractivity contribution in [3.05, 3.63) is 58.1 Å². The van der Waals surface area contributed by atoms with E-state index in [1.165, 1.54) is 5.56 Å². The Labute approximate surface area is 158 Å². The van der Waals surface area contributed by atoms with Crippen molar-refractivity contribution in [2.45, 2.75) is 26.3 Å². The van der Waals surface area contributed by atoms with E-state index in [0.29, 0.717) is 17.6 Å². The van der Waals surface area contributed by atoms with Gasteiger partial charge < -0.3 is 15.0 Å². The minimum absolute atomic E-state index is 0.526. The zero-order valence-electron chi connectivity index (χ0n) is 14.5. The Morgan fingerprint density at radius 3 is 2.46 bits per heavy atom. The Bertz CT molecular complexity index is 701. The van der Waals surface area contributed by atoms with Gasteiger partial charge in [-0.3, -0.25) is 0 Å². The molecular weight excluding hydrogens is 384 g/mol. The fourth-order valence-corrected chi connectivity index (χ4v) is 2.96. The first-order chi connectivity index (χ1) is 11.4. The highest BCUT2D eigenvalue weighted by Gasteiger charge is 2.10. The maximum Gasteiger partial charge on any atom is 0.173 e. The van der Waals surface area contributed by atoms with Gasteiger partial charge in [-0.25, -0.2) is 0 Å². The summed E-state index contributed by atoms with van der Waals surface area (Å²) in [5, 5.41) is 3.96. The van der Waals surface area contributed by atoms with Crippen molar-refractivity contribution >= 4 is 38.9 Å². The van der Waals surface area contributed by atoms with Crippen LogP contribution in [-0.2, 0) is 6.54 Å². The fourth-order valence-electron chi connectivity index (χ4n) is 2.37. The Hall–Kier alpha value is -1.59. The third-order valence-corrected chi connectivity index (χ3v) is 4.73. The van der Waals surface area contributed by atoms with Crippen LogP contribution in [0.4, 0.5) is 5.69 Å². The van der Waals surface area contributed by atoms with Gasteiger partial charge in [0, 0.05) is 29.3 Å². The van der Waals surface area contributed by atoms with E-state index in [0.717, 1.165) is 21.5 Å². The summed E-state index contributed by atoms with van der Waals surface area (Å²) in [6.45, 7) is 5.04. The third kappa shape index (κ3) is 4.95. The molecule has 0 bridgehead atoms. The number of methoxy groups -OCH3 is 1. The molecule has 0 spiro atoms. The van der Waals surface area contributed by atoms with Crippen LogP contribution < -0.4 is 10.1 Å². The predicted octanol–water partition coefficient (Wildman–Crippen LogP) is 5.41. The molecule has 0 fully saturated rings. The van der Waals surface area contributed by atoms with Crippen LogP contribution >= 0.6 is 28.1 Å². The summed E-state index contributed by atoms with van der Waals surface area (Å²) in [5.41, 5.74) is 3.39. The highest BCUT2D eigenvalue weighted by atomic mass is 79.9. The standard InChI is InChI=1S/C19H23BrN2OS/c1-13(2)14-5-8-17(9-6-14)21-19(24)22(3)12-15-11-16(20)7-10-18(15)23-4/h5-11,13H,12H2,1-4H3,(H,21,24). The lowest BCUT2D eigenvalue weighted by molar-refractivity contribution is 0.399. The minimum Gasteiger partial charge on any atom is -0.496 e. The fraction of sp³-hybridized carbons (Fsp3) is 0.316. The lowest BCUT2D eigenvalue weighted by Gasteiger charge is -2.22. The summed E-state index contributed by atoms with van der Waals surface area (Å²) < 4.78 is 6.45. The second-order valence-electron chi connectivity index (χ2n) is 6.02. The summed E-state index contributed by atoms with van der Waals surface area (Å²) in [6.07, 6.45) is 0. The van der Waals surface area contributed by atoms with Crippen LogP contribution in [0, 0.1) is 0 Å². The molecular formula is C19H23BrN2OS. The van der Waals surface area contributed by atoms with Gasteiger partial charge in [0.05, 0.1) is 7.11 Å². The average molecular weight is 407 g/mol. The van der Waals surface area contributed by atoms with Gasteiger partial charge in [-0.1, -0.05) is 41.9 Å². The number of nitrogens with zero attached hydrogens (tertiary/aromatic N) is 1. The quantitative estimate of drug-likeness (QED) is 0.670. The lowest BCUT2D eigenvalue weighted by atomic mass is 10.0. The van der Waals surface area contributed by atoms with Gasteiger partial charge in [0.25, 0.3) is 0 Å². The molecule has 0 aliphatic heterocycles. The van der Waals surface area contributed by atoms with Crippen LogP contribution in [0.25, 0.3) is 0 Å². The van der Waals surface area contributed by atoms with Crippen molar-refractivity contribution in [3.8, 4) is 5.75 Å². The molecule has 0 aromatic heterocycles. The smallest absolute Gasteiger partial charge is 0.173 e. The Balaban J connectivity index is 2.03. The number of anilines is 1. The average Bonchev–Trinajstić information content (AvgIpc) is 2.55. The second-order valence-corrected chi connectivity index (χ2v) is 7.32. The van der Waals surface area contributed by atoms with Crippen LogP contribution in [0.5, 0.6) is 5.75 Å². The molecule has 0 aliphatic carbocycles. The molecule has 0 saturated heterocycles. The molecule has 2 aromatic rings. The van der Waals surface area contributed by atoms with E-state index in [4.69, 9.17) is 17.0 Å². The van der Waals surface area contributed by atoms with Crippen molar-refractivity contribution < 1.29 is 4.74 Å². The van der Waals surface area contributed by atoms with Crippen LogP contribution in [0.1, 0.15) is 30.9 Å². The number of rotatable bonds is 5. The number of hydrogen-bond acceptors (Lipinski definition) is 2. The normalized spacial score (nSPS) is 10.6. The number of thiocarbonyl (C=S) groups is 1. The van der Waals surface area contributed by atoms with Gasteiger partial charge in [0.2, 0.25) is 0 Å². The first kappa shape index (κ1) is 18.7. The molecule has 0 aliphatic rings. The molecule has 24 heavy (non-hydrogen) atoms. The van der Waals surface area contributed by atoms with E-state index >= 15 is 0 Å². The minimum atomic E-state index is 0.526. The summed E-state index contributed by atoms with van der Waals surface area (Å²) in [7, 11) is 3.65. The summed E-state index contributed by atoms with van der Waals surface area (Å²) in [5.74, 6) is 1.38. The first-order valence-corrected chi connectivity index (χ1v) is 9.05. The molecule has 1 N–H and O–H groups in total. The van der Waals surface area contributed by atoms with Crippen LogP contribution in [0.15, 0.2) is 46.9 Å². The molecule has 0 radical (unpaired) electrons. The lowest BCUT2D eigenvalue weighted by Crippen LogP contribution is -2.30. The summed E-state index contributed by atoms with van der Waals surface area (Å²) in [4.78, 5) is 2.00. The molecule has 0 unspecified atom stereocenters. The maximum atomic E-state index is 5.52. The van der Waals surface area contributed by atoms with Crippen molar-refractivity contribution in [1.29, 1.82) is 0 Å². The van der Waals surface area contributed by atoms with Crippen molar-refractivity contribution in [2.24, 2.45) is 0 Å².